The number of hydrogen-bond acceptors (Lipinski definition) is 3. The average molecular weight is 147 g/mol. The molecule has 0 aliphatic carbocycles. The summed E-state index contributed by atoms with van der Waals surface area (Å²) in [4.78, 5) is 4.71. The molecule has 0 aliphatic rings. The first-order chi connectivity index (χ1) is 4.68. The van der Waals surface area contributed by atoms with Gasteiger partial charge in [0, 0.05) is 13.7 Å². The molecule has 0 radical (unpaired) electrons. The first kappa shape index (κ1) is 9.88. The highest BCUT2D eigenvalue weighted by Crippen LogP contribution is 2.11. The van der Waals surface area contributed by atoms with Crippen LogP contribution in [0.5, 0.6) is 0 Å². The lowest BCUT2D eigenvalue weighted by molar-refractivity contribution is -0.0353. The fourth-order valence-corrected chi connectivity index (χ4v) is 0.566. The van der Waals surface area contributed by atoms with Gasteiger partial charge in [0.1, 0.15) is 0 Å². The Morgan fingerprint density at radius 1 is 1.40 bits per heavy atom. The molecular formula is C7H17NO2. The minimum Gasteiger partial charge on any atom is -0.377 e. The molecular weight excluding hydrogens is 130 g/mol. The Labute approximate surface area is 62.7 Å². The van der Waals surface area contributed by atoms with Gasteiger partial charge in [-0.15, -0.1) is 0 Å². The molecule has 0 bridgehead atoms. The van der Waals surface area contributed by atoms with Gasteiger partial charge in [-0.3, -0.25) is 0 Å². The molecule has 3 heteroatoms. The van der Waals surface area contributed by atoms with E-state index in [9.17, 15) is 0 Å². The number of hydrogen-bond donors (Lipinski definition) is 1. The molecule has 0 saturated heterocycles. The highest BCUT2D eigenvalue weighted by Gasteiger charge is 2.19. The van der Waals surface area contributed by atoms with Crippen LogP contribution in [0.2, 0.25) is 0 Å². The van der Waals surface area contributed by atoms with Crippen molar-refractivity contribution < 1.29 is 9.57 Å². The van der Waals surface area contributed by atoms with Crippen molar-refractivity contribution in [1.82, 2.24) is 5.48 Å². The van der Waals surface area contributed by atoms with Gasteiger partial charge in [0.15, 0.2) is 0 Å². The van der Waals surface area contributed by atoms with Crippen molar-refractivity contribution >= 4 is 0 Å². The van der Waals surface area contributed by atoms with E-state index >= 15 is 0 Å². The largest absolute Gasteiger partial charge is 0.377 e. The number of methoxy groups -OCH3 is 1. The number of hydroxylamine groups is 1. The summed E-state index contributed by atoms with van der Waals surface area (Å²) >= 11 is 0. The highest BCUT2D eigenvalue weighted by molar-refractivity contribution is 4.73. The zero-order chi connectivity index (χ0) is 8.04. The SMILES string of the molecule is CCC(C)(CNOC)OC. The lowest BCUT2D eigenvalue weighted by Gasteiger charge is -2.25. The van der Waals surface area contributed by atoms with Crippen LogP contribution in [0.1, 0.15) is 20.3 Å². The van der Waals surface area contributed by atoms with Crippen LogP contribution in [-0.4, -0.2) is 26.4 Å². The second kappa shape index (κ2) is 4.66. The summed E-state index contributed by atoms with van der Waals surface area (Å²) in [5.74, 6) is 0. The molecule has 1 unspecified atom stereocenters. The highest BCUT2D eigenvalue weighted by atomic mass is 16.6. The first-order valence-corrected chi connectivity index (χ1v) is 3.49. The quantitative estimate of drug-likeness (QED) is 0.587. The smallest absolute Gasteiger partial charge is 0.0795 e. The minimum absolute atomic E-state index is 0.101. The third kappa shape index (κ3) is 3.15. The second-order valence-corrected chi connectivity index (χ2v) is 2.53. The fraction of sp³-hybridized carbons (Fsp3) is 1.00. The van der Waals surface area contributed by atoms with Crippen LogP contribution < -0.4 is 5.48 Å². The topological polar surface area (TPSA) is 30.5 Å². The van der Waals surface area contributed by atoms with Crippen LogP contribution in [0, 0.1) is 0 Å². The predicted molar refractivity (Wildman–Crippen MR) is 40.7 cm³/mol. The standard InChI is InChI=1S/C7H17NO2/c1-5-7(2,9-3)6-8-10-4/h8H,5-6H2,1-4H3. The normalized spacial score (nSPS) is 16.8. The molecule has 1 atom stereocenters. The molecule has 0 aliphatic heterocycles. The van der Waals surface area contributed by atoms with Gasteiger partial charge in [-0.25, -0.2) is 5.48 Å². The van der Waals surface area contributed by atoms with Gasteiger partial charge < -0.3 is 9.57 Å². The Morgan fingerprint density at radius 2 is 2.00 bits per heavy atom. The summed E-state index contributed by atoms with van der Waals surface area (Å²) in [6.45, 7) is 4.84. The summed E-state index contributed by atoms with van der Waals surface area (Å²) in [6, 6.07) is 0. The molecule has 0 aromatic rings. The van der Waals surface area contributed by atoms with Crippen molar-refractivity contribution in [3.05, 3.63) is 0 Å². The van der Waals surface area contributed by atoms with E-state index in [-0.39, 0.29) is 5.60 Å². The molecule has 0 heterocycles. The van der Waals surface area contributed by atoms with Crippen molar-refractivity contribution in [1.29, 1.82) is 0 Å². The van der Waals surface area contributed by atoms with E-state index in [4.69, 9.17) is 9.57 Å². The summed E-state index contributed by atoms with van der Waals surface area (Å²) in [6.07, 6.45) is 0.972. The van der Waals surface area contributed by atoms with Crippen molar-refractivity contribution in [2.24, 2.45) is 0 Å². The maximum absolute atomic E-state index is 5.25. The molecule has 0 saturated carbocycles. The summed E-state index contributed by atoms with van der Waals surface area (Å²) < 4.78 is 5.25. The number of rotatable bonds is 5. The molecule has 0 fully saturated rings. The Hall–Kier alpha value is -0.120. The molecule has 10 heavy (non-hydrogen) atoms. The predicted octanol–water partition coefficient (Wildman–Crippen LogP) is 0.952. The molecule has 0 aromatic heterocycles. The molecule has 1 N–H and O–H groups in total. The van der Waals surface area contributed by atoms with Crippen LogP contribution in [0.25, 0.3) is 0 Å². The van der Waals surface area contributed by atoms with Gasteiger partial charge in [-0.1, -0.05) is 6.92 Å². The van der Waals surface area contributed by atoms with E-state index < -0.39 is 0 Å². The summed E-state index contributed by atoms with van der Waals surface area (Å²) in [5, 5.41) is 0. The lowest BCUT2D eigenvalue weighted by Crippen LogP contribution is -2.38. The Kier molecular flexibility index (Phi) is 4.60. The Balaban J connectivity index is 3.58. The molecule has 0 spiro atoms. The van der Waals surface area contributed by atoms with Crippen LogP contribution in [0.15, 0.2) is 0 Å². The maximum Gasteiger partial charge on any atom is 0.0795 e. The van der Waals surface area contributed by atoms with Crippen molar-refractivity contribution in [3.8, 4) is 0 Å². The van der Waals surface area contributed by atoms with E-state index in [1.807, 2.05) is 6.92 Å². The second-order valence-electron chi connectivity index (χ2n) is 2.53. The fourth-order valence-electron chi connectivity index (χ4n) is 0.566. The van der Waals surface area contributed by atoms with Crippen molar-refractivity contribution in [3.63, 3.8) is 0 Å². The van der Waals surface area contributed by atoms with E-state index in [1.54, 1.807) is 14.2 Å². The van der Waals surface area contributed by atoms with Gasteiger partial charge >= 0.3 is 0 Å². The van der Waals surface area contributed by atoms with Crippen LogP contribution in [-0.2, 0) is 9.57 Å². The molecule has 3 nitrogen and oxygen atoms in total. The number of nitrogens with one attached hydrogen (secondary N) is 1. The monoisotopic (exact) mass is 147 g/mol. The van der Waals surface area contributed by atoms with E-state index in [1.165, 1.54) is 0 Å². The molecule has 0 amide bonds. The minimum atomic E-state index is -0.101. The summed E-state index contributed by atoms with van der Waals surface area (Å²) in [5.41, 5.74) is 2.66. The van der Waals surface area contributed by atoms with Crippen LogP contribution >= 0.6 is 0 Å². The number of ether oxygens (including phenoxy) is 1. The maximum atomic E-state index is 5.25. The Morgan fingerprint density at radius 3 is 2.30 bits per heavy atom. The molecule has 0 rings (SSSR count). The van der Waals surface area contributed by atoms with Crippen molar-refractivity contribution in [2.75, 3.05) is 20.8 Å². The zero-order valence-electron chi connectivity index (χ0n) is 7.23. The van der Waals surface area contributed by atoms with Crippen LogP contribution in [0.3, 0.4) is 0 Å². The average Bonchev–Trinajstić information content (AvgIpc) is 2.00. The van der Waals surface area contributed by atoms with Gasteiger partial charge in [0.25, 0.3) is 0 Å². The summed E-state index contributed by atoms with van der Waals surface area (Å²) in [7, 11) is 3.31. The van der Waals surface area contributed by atoms with E-state index in [0.717, 1.165) is 13.0 Å². The van der Waals surface area contributed by atoms with Gasteiger partial charge in [0.2, 0.25) is 0 Å². The Bertz CT molecular complexity index is 81.7. The van der Waals surface area contributed by atoms with Crippen LogP contribution in [0.4, 0.5) is 0 Å². The van der Waals surface area contributed by atoms with Gasteiger partial charge in [0.05, 0.1) is 12.7 Å². The molecule has 62 valence electrons. The van der Waals surface area contributed by atoms with E-state index in [0.29, 0.717) is 0 Å². The third-order valence-electron chi connectivity index (χ3n) is 1.83. The van der Waals surface area contributed by atoms with Crippen molar-refractivity contribution in [2.45, 2.75) is 25.9 Å². The lowest BCUT2D eigenvalue weighted by atomic mass is 10.0. The van der Waals surface area contributed by atoms with Gasteiger partial charge in [-0.05, 0) is 13.3 Å². The third-order valence-corrected chi connectivity index (χ3v) is 1.83. The zero-order valence-corrected chi connectivity index (χ0v) is 7.23. The first-order valence-electron chi connectivity index (χ1n) is 3.49. The molecule has 0 aromatic carbocycles. The van der Waals surface area contributed by atoms with E-state index in [2.05, 4.69) is 12.4 Å². The van der Waals surface area contributed by atoms with Gasteiger partial charge in [-0.2, -0.15) is 0 Å².